The molecule has 0 unspecified atom stereocenters. The second-order valence-electron chi connectivity index (χ2n) is 2.04. The fourth-order valence-corrected chi connectivity index (χ4v) is 0.415. The molecule has 0 saturated heterocycles. The van der Waals surface area contributed by atoms with E-state index in [9.17, 15) is 22.8 Å². The van der Waals surface area contributed by atoms with Crippen LogP contribution in [0.5, 0.6) is 0 Å². The number of nitrogens with one attached hydrogen (secondary N) is 3. The Morgan fingerprint density at radius 1 is 1.23 bits per heavy atom. The van der Waals surface area contributed by atoms with Crippen LogP contribution in [0.3, 0.4) is 0 Å². The van der Waals surface area contributed by atoms with E-state index in [-0.39, 0.29) is 0 Å². The van der Waals surface area contributed by atoms with Gasteiger partial charge in [0.1, 0.15) is 6.42 Å². The van der Waals surface area contributed by atoms with Crippen molar-refractivity contribution >= 4 is 11.9 Å². The molecule has 3 N–H and O–H groups in total. The van der Waals surface area contributed by atoms with E-state index in [0.29, 0.717) is 0 Å². The van der Waals surface area contributed by atoms with E-state index in [4.69, 9.17) is 0 Å². The molecule has 0 rings (SSSR count). The Kier molecular flexibility index (Phi) is 4.02. The highest BCUT2D eigenvalue weighted by Crippen LogP contribution is 2.18. The minimum Gasteiger partial charge on any atom is -0.340 e. The Bertz CT molecular complexity index is 204. The van der Waals surface area contributed by atoms with E-state index in [1.807, 2.05) is 5.32 Å². The van der Waals surface area contributed by atoms with Crippen LogP contribution in [0.1, 0.15) is 6.42 Å². The molecule has 0 aromatic heterocycles. The molecule has 0 aromatic carbocycles. The topological polar surface area (TPSA) is 70.2 Å². The average Bonchev–Trinajstić information content (AvgIpc) is 1.97. The fraction of sp³-hybridized carbons (Fsp3) is 0.600. The maximum Gasteiger partial charge on any atom is 0.397 e. The standard InChI is InChI=1S/C5H8F3N3O2/c1-9-4(13)11-10-3(12)2-5(6,7)8/h2H2,1H3,(H,10,12)(H2,9,11,13). The highest BCUT2D eigenvalue weighted by molar-refractivity contribution is 5.81. The molecule has 0 fully saturated rings. The maximum atomic E-state index is 11.5. The number of hydrogen-bond donors (Lipinski definition) is 3. The van der Waals surface area contributed by atoms with Crippen molar-refractivity contribution in [3.05, 3.63) is 0 Å². The van der Waals surface area contributed by atoms with Crippen LogP contribution in [0.4, 0.5) is 18.0 Å². The monoisotopic (exact) mass is 199 g/mol. The zero-order valence-corrected chi connectivity index (χ0v) is 6.66. The molecular weight excluding hydrogens is 191 g/mol. The van der Waals surface area contributed by atoms with Crippen LogP contribution in [0, 0.1) is 0 Å². The zero-order valence-electron chi connectivity index (χ0n) is 6.66. The lowest BCUT2D eigenvalue weighted by Crippen LogP contribution is -2.46. The number of hydrogen-bond acceptors (Lipinski definition) is 2. The number of rotatable bonds is 1. The van der Waals surface area contributed by atoms with Crippen LogP contribution in [0.25, 0.3) is 0 Å². The first-order valence-electron chi connectivity index (χ1n) is 3.18. The van der Waals surface area contributed by atoms with Gasteiger partial charge in [-0.2, -0.15) is 13.2 Å². The van der Waals surface area contributed by atoms with Gasteiger partial charge in [0.05, 0.1) is 0 Å². The Labute approximate surface area is 71.6 Å². The van der Waals surface area contributed by atoms with Gasteiger partial charge in [-0.25, -0.2) is 10.2 Å². The highest BCUT2D eigenvalue weighted by Gasteiger charge is 2.31. The summed E-state index contributed by atoms with van der Waals surface area (Å²) in [5, 5.41) is 2.04. The van der Waals surface area contributed by atoms with Crippen molar-refractivity contribution in [2.24, 2.45) is 0 Å². The van der Waals surface area contributed by atoms with E-state index >= 15 is 0 Å². The second-order valence-corrected chi connectivity index (χ2v) is 2.04. The number of halogens is 3. The summed E-state index contributed by atoms with van der Waals surface area (Å²) in [5.74, 6) is -1.32. The molecule has 0 bridgehead atoms. The van der Waals surface area contributed by atoms with Gasteiger partial charge in [-0.1, -0.05) is 0 Å². The molecule has 13 heavy (non-hydrogen) atoms. The van der Waals surface area contributed by atoms with E-state index in [2.05, 4.69) is 0 Å². The minimum absolute atomic E-state index is 0.796. The van der Waals surface area contributed by atoms with Crippen LogP contribution >= 0.6 is 0 Å². The molecule has 0 aliphatic heterocycles. The third kappa shape index (κ3) is 6.91. The number of amides is 3. The first-order valence-corrected chi connectivity index (χ1v) is 3.18. The molecule has 0 radical (unpaired) electrons. The predicted octanol–water partition coefficient (Wildman–Crippen LogP) is -0.101. The molecule has 0 spiro atoms. The summed E-state index contributed by atoms with van der Waals surface area (Å²) < 4.78 is 34.6. The molecule has 0 heterocycles. The summed E-state index contributed by atoms with van der Waals surface area (Å²) in [5.41, 5.74) is 3.27. The molecule has 0 aliphatic rings. The summed E-state index contributed by atoms with van der Waals surface area (Å²) in [6.45, 7) is 0. The van der Waals surface area contributed by atoms with Crippen molar-refractivity contribution in [3.63, 3.8) is 0 Å². The van der Waals surface area contributed by atoms with Crippen molar-refractivity contribution in [3.8, 4) is 0 Å². The Hall–Kier alpha value is -1.47. The minimum atomic E-state index is -4.57. The summed E-state index contributed by atoms with van der Waals surface area (Å²) in [7, 11) is 1.26. The van der Waals surface area contributed by atoms with Gasteiger partial charge in [-0.15, -0.1) is 0 Å². The van der Waals surface area contributed by atoms with Crippen LogP contribution in [0.15, 0.2) is 0 Å². The summed E-state index contributed by atoms with van der Waals surface area (Å²) in [6.07, 6.45) is -6.20. The summed E-state index contributed by atoms with van der Waals surface area (Å²) in [4.78, 5) is 20.8. The molecule has 0 saturated carbocycles. The number of alkyl halides is 3. The van der Waals surface area contributed by atoms with Crippen LogP contribution < -0.4 is 16.2 Å². The van der Waals surface area contributed by atoms with Crippen molar-refractivity contribution in [1.82, 2.24) is 16.2 Å². The van der Waals surface area contributed by atoms with Crippen molar-refractivity contribution in [1.29, 1.82) is 0 Å². The van der Waals surface area contributed by atoms with Gasteiger partial charge >= 0.3 is 12.2 Å². The third-order valence-electron chi connectivity index (χ3n) is 0.904. The van der Waals surface area contributed by atoms with Crippen molar-refractivity contribution < 1.29 is 22.8 Å². The summed E-state index contributed by atoms with van der Waals surface area (Å²) >= 11 is 0. The molecule has 8 heteroatoms. The molecule has 5 nitrogen and oxygen atoms in total. The molecule has 0 aromatic rings. The first-order chi connectivity index (χ1) is 5.85. The normalized spacial score (nSPS) is 10.5. The average molecular weight is 199 g/mol. The van der Waals surface area contributed by atoms with E-state index in [0.717, 1.165) is 0 Å². The number of urea groups is 1. The third-order valence-corrected chi connectivity index (χ3v) is 0.904. The number of carbonyl (C=O) groups is 2. The van der Waals surface area contributed by atoms with Crippen LogP contribution in [0.2, 0.25) is 0 Å². The van der Waals surface area contributed by atoms with E-state index in [1.165, 1.54) is 7.05 Å². The van der Waals surface area contributed by atoms with Gasteiger partial charge in [-0.05, 0) is 0 Å². The van der Waals surface area contributed by atoms with Crippen molar-refractivity contribution in [2.45, 2.75) is 12.6 Å². The Balaban J connectivity index is 3.71. The second kappa shape index (κ2) is 4.53. The lowest BCUT2D eigenvalue weighted by molar-refractivity contribution is -0.154. The number of carbonyl (C=O) groups excluding carboxylic acids is 2. The molecule has 76 valence electrons. The van der Waals surface area contributed by atoms with Crippen LogP contribution in [-0.4, -0.2) is 25.2 Å². The fourth-order valence-electron chi connectivity index (χ4n) is 0.415. The first kappa shape index (κ1) is 11.5. The van der Waals surface area contributed by atoms with Gasteiger partial charge in [0.25, 0.3) is 0 Å². The van der Waals surface area contributed by atoms with Crippen LogP contribution in [-0.2, 0) is 4.79 Å². The molecular formula is C5H8F3N3O2. The van der Waals surface area contributed by atoms with Gasteiger partial charge in [0, 0.05) is 7.05 Å². The van der Waals surface area contributed by atoms with Gasteiger partial charge in [0.2, 0.25) is 5.91 Å². The molecule has 3 amide bonds. The number of hydrazine groups is 1. The smallest absolute Gasteiger partial charge is 0.340 e. The Morgan fingerprint density at radius 3 is 2.15 bits per heavy atom. The van der Waals surface area contributed by atoms with Gasteiger partial charge in [-0.3, -0.25) is 10.2 Å². The zero-order chi connectivity index (χ0) is 10.5. The SMILES string of the molecule is CNC(=O)NNC(=O)CC(F)(F)F. The largest absolute Gasteiger partial charge is 0.397 e. The summed E-state index contributed by atoms with van der Waals surface area (Å²) in [6, 6.07) is -0.796. The van der Waals surface area contributed by atoms with Gasteiger partial charge < -0.3 is 5.32 Å². The quantitative estimate of drug-likeness (QED) is 0.516. The Morgan fingerprint density at radius 2 is 1.77 bits per heavy atom. The lowest BCUT2D eigenvalue weighted by atomic mass is 10.4. The van der Waals surface area contributed by atoms with E-state index in [1.54, 1.807) is 10.9 Å². The maximum absolute atomic E-state index is 11.5. The highest BCUT2D eigenvalue weighted by atomic mass is 19.4. The molecule has 0 atom stereocenters. The lowest BCUT2D eigenvalue weighted by Gasteiger charge is -2.08. The van der Waals surface area contributed by atoms with E-state index < -0.39 is 24.5 Å². The van der Waals surface area contributed by atoms with Crippen molar-refractivity contribution in [2.75, 3.05) is 7.05 Å². The van der Waals surface area contributed by atoms with Gasteiger partial charge in [0.15, 0.2) is 0 Å². The predicted molar refractivity (Wildman–Crippen MR) is 36.4 cm³/mol. The molecule has 0 aliphatic carbocycles.